The Balaban J connectivity index is 1.69. The van der Waals surface area contributed by atoms with Crippen LogP contribution in [0.15, 0.2) is 66.0 Å². The zero-order valence-electron chi connectivity index (χ0n) is 13.2. The molecule has 0 aliphatic carbocycles. The number of nitrogens with zero attached hydrogens (tertiary/aromatic N) is 1. The van der Waals surface area contributed by atoms with Gasteiger partial charge in [0.25, 0.3) is 0 Å². The van der Waals surface area contributed by atoms with Crippen molar-refractivity contribution in [2.45, 2.75) is 31.5 Å². The second-order valence-corrected chi connectivity index (χ2v) is 7.75. The van der Waals surface area contributed by atoms with Gasteiger partial charge in [-0.2, -0.15) is 0 Å². The highest BCUT2D eigenvalue weighted by atomic mass is 32.1. The van der Waals surface area contributed by atoms with Crippen molar-refractivity contribution in [2.24, 2.45) is 0 Å². The molecule has 0 radical (unpaired) electrons. The van der Waals surface area contributed by atoms with Crippen LogP contribution in [0, 0.1) is 0 Å². The fourth-order valence-corrected chi connectivity index (χ4v) is 5.56. The third-order valence-corrected chi connectivity index (χ3v) is 6.58. The van der Waals surface area contributed by atoms with Gasteiger partial charge in [0.15, 0.2) is 0 Å². The standard InChI is InChI=1S/C21H19NS/c1-21-17-10-6-5-9-16(17)19(13-20-18(21)11-12-23-20)22(21)14-15-7-3-2-4-8-15/h2-12,19H,13-14H2,1H3. The van der Waals surface area contributed by atoms with Crippen molar-refractivity contribution in [2.75, 3.05) is 0 Å². The molecular weight excluding hydrogens is 298 g/mol. The molecule has 2 aliphatic rings. The molecule has 2 aliphatic heterocycles. The van der Waals surface area contributed by atoms with Crippen LogP contribution in [0.2, 0.25) is 0 Å². The second-order valence-electron chi connectivity index (χ2n) is 6.75. The Labute approximate surface area is 141 Å². The van der Waals surface area contributed by atoms with E-state index in [0.717, 1.165) is 13.0 Å². The molecule has 0 fully saturated rings. The minimum atomic E-state index is 0.00465. The predicted octanol–water partition coefficient (Wildman–Crippen LogP) is 5.12. The molecule has 2 aromatic carbocycles. The molecule has 114 valence electrons. The van der Waals surface area contributed by atoms with Crippen molar-refractivity contribution < 1.29 is 0 Å². The fourth-order valence-electron chi connectivity index (χ4n) is 4.54. The van der Waals surface area contributed by atoms with Crippen LogP contribution in [-0.2, 0) is 18.5 Å². The molecule has 0 N–H and O–H groups in total. The quantitative estimate of drug-likeness (QED) is 0.634. The maximum Gasteiger partial charge on any atom is 0.0709 e. The first-order valence-electron chi connectivity index (χ1n) is 8.25. The third-order valence-electron chi connectivity index (χ3n) is 5.64. The monoisotopic (exact) mass is 317 g/mol. The van der Waals surface area contributed by atoms with Crippen molar-refractivity contribution in [1.82, 2.24) is 4.90 Å². The molecule has 0 spiro atoms. The third kappa shape index (κ3) is 1.76. The van der Waals surface area contributed by atoms with Gasteiger partial charge in [0.1, 0.15) is 0 Å². The molecule has 23 heavy (non-hydrogen) atoms. The Kier molecular flexibility index (Phi) is 2.82. The lowest BCUT2D eigenvalue weighted by Crippen LogP contribution is -2.44. The number of hydrogen-bond acceptors (Lipinski definition) is 2. The highest BCUT2D eigenvalue weighted by Crippen LogP contribution is 2.56. The van der Waals surface area contributed by atoms with E-state index in [-0.39, 0.29) is 5.54 Å². The van der Waals surface area contributed by atoms with Crippen LogP contribution in [0.1, 0.15) is 40.1 Å². The molecule has 2 bridgehead atoms. The summed E-state index contributed by atoms with van der Waals surface area (Å²) in [5, 5.41) is 2.26. The summed E-state index contributed by atoms with van der Waals surface area (Å²) < 4.78 is 0. The summed E-state index contributed by atoms with van der Waals surface area (Å²) in [5.41, 5.74) is 5.94. The summed E-state index contributed by atoms with van der Waals surface area (Å²) in [7, 11) is 0. The van der Waals surface area contributed by atoms with E-state index in [1.165, 1.54) is 22.3 Å². The lowest BCUT2D eigenvalue weighted by Gasteiger charge is -2.43. The van der Waals surface area contributed by atoms with Gasteiger partial charge >= 0.3 is 0 Å². The number of fused-ring (bicyclic) bond motifs is 7. The zero-order valence-corrected chi connectivity index (χ0v) is 14.0. The van der Waals surface area contributed by atoms with Crippen molar-refractivity contribution in [3.05, 3.63) is 93.2 Å². The Hall–Kier alpha value is -1.90. The molecule has 1 nitrogen and oxygen atoms in total. The summed E-state index contributed by atoms with van der Waals surface area (Å²) in [6, 6.07) is 22.8. The molecule has 1 aromatic heterocycles. The average Bonchev–Trinajstić information content (AvgIpc) is 3.13. The molecule has 0 amide bonds. The molecule has 2 unspecified atom stereocenters. The topological polar surface area (TPSA) is 3.24 Å². The minimum absolute atomic E-state index is 0.00465. The van der Waals surface area contributed by atoms with E-state index >= 15 is 0 Å². The van der Waals surface area contributed by atoms with Gasteiger partial charge in [0.05, 0.1) is 5.54 Å². The minimum Gasteiger partial charge on any atom is -0.278 e. The summed E-state index contributed by atoms with van der Waals surface area (Å²) in [6.07, 6.45) is 1.15. The first-order valence-corrected chi connectivity index (χ1v) is 9.13. The van der Waals surface area contributed by atoms with Crippen LogP contribution >= 0.6 is 11.3 Å². The molecular formula is C21H19NS. The van der Waals surface area contributed by atoms with E-state index in [0.29, 0.717) is 6.04 Å². The number of thiophene rings is 1. The Morgan fingerprint density at radius 3 is 2.65 bits per heavy atom. The molecule has 2 heteroatoms. The Morgan fingerprint density at radius 1 is 1.00 bits per heavy atom. The SMILES string of the molecule is CC12c3ccccc3C(Cc3sccc31)N2Cc1ccccc1. The molecule has 3 aromatic rings. The molecule has 5 rings (SSSR count). The van der Waals surface area contributed by atoms with Gasteiger partial charge in [-0.1, -0.05) is 54.6 Å². The average molecular weight is 317 g/mol. The number of hydrogen-bond donors (Lipinski definition) is 0. The van der Waals surface area contributed by atoms with Gasteiger partial charge in [0, 0.05) is 23.9 Å². The van der Waals surface area contributed by atoms with Crippen molar-refractivity contribution in [3.63, 3.8) is 0 Å². The number of benzene rings is 2. The highest BCUT2D eigenvalue weighted by Gasteiger charge is 2.52. The largest absolute Gasteiger partial charge is 0.278 e. The maximum absolute atomic E-state index is 2.71. The van der Waals surface area contributed by atoms with Crippen LogP contribution in [0.3, 0.4) is 0 Å². The number of rotatable bonds is 2. The van der Waals surface area contributed by atoms with Crippen LogP contribution < -0.4 is 0 Å². The van der Waals surface area contributed by atoms with Gasteiger partial charge in [-0.3, -0.25) is 4.90 Å². The van der Waals surface area contributed by atoms with Gasteiger partial charge in [-0.15, -0.1) is 11.3 Å². The van der Waals surface area contributed by atoms with E-state index in [4.69, 9.17) is 0 Å². The smallest absolute Gasteiger partial charge is 0.0709 e. The van der Waals surface area contributed by atoms with Gasteiger partial charge in [0.2, 0.25) is 0 Å². The molecule has 0 saturated carbocycles. The van der Waals surface area contributed by atoms with E-state index in [9.17, 15) is 0 Å². The Morgan fingerprint density at radius 2 is 1.78 bits per heavy atom. The summed E-state index contributed by atoms with van der Waals surface area (Å²) >= 11 is 1.92. The fraction of sp³-hybridized carbons (Fsp3) is 0.238. The van der Waals surface area contributed by atoms with Crippen LogP contribution in [0.4, 0.5) is 0 Å². The van der Waals surface area contributed by atoms with Crippen LogP contribution in [0.5, 0.6) is 0 Å². The predicted molar refractivity (Wildman–Crippen MR) is 95.6 cm³/mol. The lowest BCUT2D eigenvalue weighted by atomic mass is 9.84. The van der Waals surface area contributed by atoms with Crippen molar-refractivity contribution in [1.29, 1.82) is 0 Å². The first kappa shape index (κ1) is 13.5. The van der Waals surface area contributed by atoms with Crippen LogP contribution in [0.25, 0.3) is 0 Å². The van der Waals surface area contributed by atoms with Crippen LogP contribution in [-0.4, -0.2) is 4.90 Å². The molecule has 0 saturated heterocycles. The summed E-state index contributed by atoms with van der Waals surface area (Å²) in [5.74, 6) is 0. The Bertz CT molecular complexity index is 866. The highest BCUT2D eigenvalue weighted by molar-refractivity contribution is 7.10. The van der Waals surface area contributed by atoms with E-state index in [2.05, 4.69) is 77.9 Å². The van der Waals surface area contributed by atoms with Gasteiger partial charge < -0.3 is 0 Å². The summed E-state index contributed by atoms with van der Waals surface area (Å²) in [6.45, 7) is 3.42. The van der Waals surface area contributed by atoms with E-state index < -0.39 is 0 Å². The van der Waals surface area contributed by atoms with Crippen molar-refractivity contribution in [3.8, 4) is 0 Å². The van der Waals surface area contributed by atoms with E-state index in [1.807, 2.05) is 11.3 Å². The first-order chi connectivity index (χ1) is 11.3. The van der Waals surface area contributed by atoms with Crippen molar-refractivity contribution >= 4 is 11.3 Å². The van der Waals surface area contributed by atoms with Gasteiger partial charge in [-0.05, 0) is 40.6 Å². The zero-order chi connectivity index (χ0) is 15.4. The summed E-state index contributed by atoms with van der Waals surface area (Å²) in [4.78, 5) is 4.28. The molecule has 3 heterocycles. The lowest BCUT2D eigenvalue weighted by molar-refractivity contribution is 0.0880. The second kappa shape index (κ2) is 4.80. The molecule has 2 atom stereocenters. The normalized spacial score (nSPS) is 25.2. The van der Waals surface area contributed by atoms with E-state index in [1.54, 1.807) is 4.88 Å². The van der Waals surface area contributed by atoms with Gasteiger partial charge in [-0.25, -0.2) is 0 Å². The maximum atomic E-state index is 2.71.